The van der Waals surface area contributed by atoms with Crippen molar-refractivity contribution in [1.29, 1.82) is 0 Å². The molecule has 118 valence electrons. The Balaban J connectivity index is 1.34. The third kappa shape index (κ3) is 2.73. The van der Waals surface area contributed by atoms with Gasteiger partial charge in [0.1, 0.15) is 5.76 Å². The zero-order chi connectivity index (χ0) is 15.1. The van der Waals surface area contributed by atoms with Crippen LogP contribution in [0.2, 0.25) is 0 Å². The first-order valence-electron chi connectivity index (χ1n) is 8.08. The zero-order valence-corrected chi connectivity index (χ0v) is 14.1. The van der Waals surface area contributed by atoms with Crippen LogP contribution in [0.15, 0.2) is 22.0 Å². The number of hydrogen-bond donors (Lipinski definition) is 0. The van der Waals surface area contributed by atoms with Crippen LogP contribution in [0, 0.1) is 25.7 Å². The number of hydrogen-bond acceptors (Lipinski definition) is 5. The minimum absolute atomic E-state index is 0.834. The molecule has 2 aliphatic rings. The van der Waals surface area contributed by atoms with Gasteiger partial charge in [-0.1, -0.05) is 11.2 Å². The monoisotopic (exact) mass is 317 g/mol. The van der Waals surface area contributed by atoms with Gasteiger partial charge in [-0.15, -0.1) is 11.3 Å². The van der Waals surface area contributed by atoms with Gasteiger partial charge in [0, 0.05) is 49.7 Å². The Hall–Kier alpha value is -1.17. The van der Waals surface area contributed by atoms with E-state index in [1.807, 2.05) is 25.2 Å². The molecule has 2 fully saturated rings. The summed E-state index contributed by atoms with van der Waals surface area (Å²) in [5.41, 5.74) is 2.34. The quantitative estimate of drug-likeness (QED) is 0.868. The molecular weight excluding hydrogens is 294 g/mol. The molecule has 2 atom stereocenters. The third-order valence-corrected chi connectivity index (χ3v) is 6.02. The number of aryl methyl sites for hydroxylation is 2. The van der Waals surface area contributed by atoms with Crippen LogP contribution in [0.4, 0.5) is 0 Å². The average molecular weight is 317 g/mol. The largest absolute Gasteiger partial charge is 0.361 e. The van der Waals surface area contributed by atoms with E-state index in [4.69, 9.17) is 4.52 Å². The van der Waals surface area contributed by atoms with Crippen molar-refractivity contribution >= 4 is 11.3 Å². The fraction of sp³-hybridized carbons (Fsp3) is 0.588. The summed E-state index contributed by atoms with van der Waals surface area (Å²) in [6, 6.07) is 4.41. The lowest BCUT2D eigenvalue weighted by molar-refractivity contribution is 0.246. The van der Waals surface area contributed by atoms with Crippen molar-refractivity contribution in [2.45, 2.75) is 26.9 Å². The maximum Gasteiger partial charge on any atom is 0.138 e. The second-order valence-electron chi connectivity index (χ2n) is 6.79. The van der Waals surface area contributed by atoms with Crippen LogP contribution < -0.4 is 0 Å². The first-order valence-corrected chi connectivity index (χ1v) is 8.96. The van der Waals surface area contributed by atoms with Crippen molar-refractivity contribution in [3.8, 4) is 0 Å². The van der Waals surface area contributed by atoms with Crippen molar-refractivity contribution in [1.82, 2.24) is 15.0 Å². The number of thiophene rings is 1. The number of aromatic nitrogens is 1. The van der Waals surface area contributed by atoms with E-state index in [0.29, 0.717) is 0 Å². The van der Waals surface area contributed by atoms with E-state index in [-0.39, 0.29) is 0 Å². The van der Waals surface area contributed by atoms with Crippen molar-refractivity contribution in [2.75, 3.05) is 26.2 Å². The molecular formula is C17H23N3OS. The zero-order valence-electron chi connectivity index (χ0n) is 13.3. The van der Waals surface area contributed by atoms with Gasteiger partial charge >= 0.3 is 0 Å². The molecule has 2 aromatic rings. The molecule has 4 heterocycles. The summed E-state index contributed by atoms with van der Waals surface area (Å²) in [5.74, 6) is 2.65. The van der Waals surface area contributed by atoms with Gasteiger partial charge in [0.15, 0.2) is 0 Å². The molecule has 2 aliphatic heterocycles. The topological polar surface area (TPSA) is 32.5 Å². The Bertz CT molecular complexity index is 603. The first-order chi connectivity index (χ1) is 10.7. The first kappa shape index (κ1) is 14.4. The standard InChI is InChI=1S/C17H23N3OS/c1-12-17(13(2)21-18-12)11-20-8-14-6-19(7-15(14)9-20)10-16-4-3-5-22-16/h3-5,14-15H,6-11H2,1-2H3/t14-,15+. The van der Waals surface area contributed by atoms with Gasteiger partial charge in [0.2, 0.25) is 0 Å². The van der Waals surface area contributed by atoms with E-state index < -0.39 is 0 Å². The molecule has 0 bridgehead atoms. The molecule has 0 unspecified atom stereocenters. The fourth-order valence-corrected chi connectivity index (χ4v) is 4.77. The van der Waals surface area contributed by atoms with Crippen LogP contribution in [-0.2, 0) is 13.1 Å². The third-order valence-electron chi connectivity index (χ3n) is 5.16. The van der Waals surface area contributed by atoms with Gasteiger partial charge in [0.05, 0.1) is 5.69 Å². The normalized spacial score (nSPS) is 25.9. The minimum atomic E-state index is 0.834. The maximum atomic E-state index is 5.29. The molecule has 0 spiro atoms. The van der Waals surface area contributed by atoms with Crippen molar-refractivity contribution in [3.63, 3.8) is 0 Å². The summed E-state index contributed by atoms with van der Waals surface area (Å²) in [6.45, 7) is 11.1. The van der Waals surface area contributed by atoms with Crippen molar-refractivity contribution < 1.29 is 4.52 Å². The number of rotatable bonds is 4. The second-order valence-corrected chi connectivity index (χ2v) is 7.82. The summed E-state index contributed by atoms with van der Waals surface area (Å²) in [4.78, 5) is 6.71. The Kier molecular flexibility index (Phi) is 3.80. The summed E-state index contributed by atoms with van der Waals surface area (Å²) in [7, 11) is 0. The molecule has 0 aliphatic carbocycles. The van der Waals surface area contributed by atoms with Crippen LogP contribution in [0.1, 0.15) is 21.9 Å². The number of fused-ring (bicyclic) bond motifs is 1. The van der Waals surface area contributed by atoms with Crippen molar-refractivity contribution in [2.24, 2.45) is 11.8 Å². The Morgan fingerprint density at radius 3 is 2.36 bits per heavy atom. The van der Waals surface area contributed by atoms with E-state index in [0.717, 1.165) is 36.4 Å². The summed E-state index contributed by atoms with van der Waals surface area (Å²) in [5, 5.41) is 6.25. The van der Waals surface area contributed by atoms with Gasteiger partial charge in [-0.3, -0.25) is 9.80 Å². The second kappa shape index (κ2) is 5.80. The van der Waals surface area contributed by atoms with Crippen LogP contribution in [0.25, 0.3) is 0 Å². The fourth-order valence-electron chi connectivity index (χ4n) is 4.02. The van der Waals surface area contributed by atoms with E-state index in [1.165, 1.54) is 36.6 Å². The van der Waals surface area contributed by atoms with Crippen LogP contribution in [-0.4, -0.2) is 41.1 Å². The Labute approximate surface area is 135 Å². The Morgan fingerprint density at radius 1 is 1.14 bits per heavy atom. The highest BCUT2D eigenvalue weighted by atomic mass is 32.1. The van der Waals surface area contributed by atoms with E-state index >= 15 is 0 Å². The van der Waals surface area contributed by atoms with Gasteiger partial charge in [-0.25, -0.2) is 0 Å². The molecule has 4 nitrogen and oxygen atoms in total. The van der Waals surface area contributed by atoms with Gasteiger partial charge in [-0.05, 0) is 37.1 Å². The van der Waals surface area contributed by atoms with Gasteiger partial charge < -0.3 is 4.52 Å². The molecule has 2 saturated heterocycles. The highest BCUT2D eigenvalue weighted by Crippen LogP contribution is 2.33. The summed E-state index contributed by atoms with van der Waals surface area (Å²) < 4.78 is 5.29. The summed E-state index contributed by atoms with van der Waals surface area (Å²) in [6.07, 6.45) is 0. The SMILES string of the molecule is Cc1noc(C)c1CN1C[C@H]2CN(Cc3cccs3)C[C@H]2C1. The molecule has 0 radical (unpaired) electrons. The molecule has 0 amide bonds. The van der Waals surface area contributed by atoms with E-state index in [1.54, 1.807) is 0 Å². The number of likely N-dealkylation sites (tertiary alicyclic amines) is 2. The molecule has 22 heavy (non-hydrogen) atoms. The predicted octanol–water partition coefficient (Wildman–Crippen LogP) is 2.92. The lowest BCUT2D eigenvalue weighted by Crippen LogP contribution is -2.28. The molecule has 0 N–H and O–H groups in total. The minimum Gasteiger partial charge on any atom is -0.361 e. The van der Waals surface area contributed by atoms with E-state index in [2.05, 4.69) is 32.5 Å². The highest BCUT2D eigenvalue weighted by Gasteiger charge is 2.40. The van der Waals surface area contributed by atoms with Crippen LogP contribution in [0.3, 0.4) is 0 Å². The predicted molar refractivity (Wildman–Crippen MR) is 87.8 cm³/mol. The lowest BCUT2D eigenvalue weighted by atomic mass is 10.0. The van der Waals surface area contributed by atoms with E-state index in [9.17, 15) is 0 Å². The summed E-state index contributed by atoms with van der Waals surface area (Å²) >= 11 is 1.87. The maximum absolute atomic E-state index is 5.29. The van der Waals surface area contributed by atoms with Gasteiger partial charge in [0.25, 0.3) is 0 Å². The average Bonchev–Trinajstić information content (AvgIpc) is 3.22. The molecule has 0 saturated carbocycles. The highest BCUT2D eigenvalue weighted by molar-refractivity contribution is 7.09. The number of nitrogens with zero attached hydrogens (tertiary/aromatic N) is 3. The molecule has 4 rings (SSSR count). The molecule has 0 aromatic carbocycles. The Morgan fingerprint density at radius 2 is 1.82 bits per heavy atom. The van der Waals surface area contributed by atoms with Crippen LogP contribution >= 0.6 is 11.3 Å². The van der Waals surface area contributed by atoms with Gasteiger partial charge in [-0.2, -0.15) is 0 Å². The van der Waals surface area contributed by atoms with Crippen molar-refractivity contribution in [3.05, 3.63) is 39.4 Å². The lowest BCUT2D eigenvalue weighted by Gasteiger charge is -2.20. The smallest absolute Gasteiger partial charge is 0.138 e. The molecule has 5 heteroatoms. The molecule has 2 aromatic heterocycles. The van der Waals surface area contributed by atoms with Crippen LogP contribution in [0.5, 0.6) is 0 Å².